The van der Waals surface area contributed by atoms with Crippen LogP contribution in [0.2, 0.25) is 0 Å². The molecule has 0 aromatic carbocycles. The van der Waals surface area contributed by atoms with Crippen LogP contribution >= 0.6 is 0 Å². The average Bonchev–Trinajstić information content (AvgIpc) is 2.52. The molecule has 0 saturated carbocycles. The van der Waals surface area contributed by atoms with Gasteiger partial charge in [-0.3, -0.25) is 4.79 Å². The molecule has 0 aliphatic carbocycles. The van der Waals surface area contributed by atoms with Gasteiger partial charge in [0.1, 0.15) is 12.1 Å². The lowest BCUT2D eigenvalue weighted by atomic mass is 9.88. The van der Waals surface area contributed by atoms with Crippen molar-refractivity contribution in [1.29, 1.82) is 0 Å². The van der Waals surface area contributed by atoms with Crippen molar-refractivity contribution in [1.82, 2.24) is 5.32 Å². The van der Waals surface area contributed by atoms with E-state index in [1.165, 1.54) is 7.11 Å². The molecular formula is C18H31F2NO7. The zero-order valence-electron chi connectivity index (χ0n) is 17.5. The lowest BCUT2D eigenvalue weighted by molar-refractivity contribution is -0.156. The second kappa shape index (κ2) is 11.8. The first-order chi connectivity index (χ1) is 12.8. The van der Waals surface area contributed by atoms with Crippen LogP contribution in [-0.4, -0.2) is 57.4 Å². The number of hydrogen-bond donors (Lipinski definition) is 1. The number of hydrogen-bond acceptors (Lipinski definition) is 7. The van der Waals surface area contributed by atoms with E-state index in [-0.39, 0.29) is 13.2 Å². The van der Waals surface area contributed by atoms with Crippen LogP contribution in [0.5, 0.6) is 0 Å². The molecule has 0 aliphatic rings. The fourth-order valence-corrected chi connectivity index (χ4v) is 1.79. The lowest BCUT2D eigenvalue weighted by Gasteiger charge is -2.31. The van der Waals surface area contributed by atoms with Crippen molar-refractivity contribution in [3.8, 4) is 0 Å². The number of alkyl carbamates (subject to hydrolysis) is 1. The smallest absolute Gasteiger partial charge is 0.408 e. The van der Waals surface area contributed by atoms with Gasteiger partial charge in [-0.25, -0.2) is 4.79 Å². The predicted molar refractivity (Wildman–Crippen MR) is 96.6 cm³/mol. The number of halogens is 2. The maximum Gasteiger partial charge on any atom is 0.408 e. The van der Waals surface area contributed by atoms with Gasteiger partial charge in [-0.1, -0.05) is 20.8 Å². The van der Waals surface area contributed by atoms with E-state index in [0.29, 0.717) is 0 Å². The molecule has 28 heavy (non-hydrogen) atoms. The number of methoxy groups -OCH3 is 1. The Labute approximate surface area is 164 Å². The molecule has 10 heteroatoms. The van der Waals surface area contributed by atoms with Gasteiger partial charge in [-0.05, 0) is 20.8 Å². The van der Waals surface area contributed by atoms with Gasteiger partial charge in [0.2, 0.25) is 5.76 Å². The van der Waals surface area contributed by atoms with E-state index in [0.717, 1.165) is 0 Å². The highest BCUT2D eigenvalue weighted by Gasteiger charge is 2.36. The van der Waals surface area contributed by atoms with E-state index in [9.17, 15) is 18.4 Å². The summed E-state index contributed by atoms with van der Waals surface area (Å²) in [6, 6.07) is 0. The zero-order valence-corrected chi connectivity index (χ0v) is 17.5. The highest BCUT2D eigenvalue weighted by atomic mass is 19.3. The van der Waals surface area contributed by atoms with Gasteiger partial charge in [-0.2, -0.15) is 8.78 Å². The van der Waals surface area contributed by atoms with Crippen LogP contribution in [0.3, 0.4) is 0 Å². The van der Waals surface area contributed by atoms with E-state index >= 15 is 0 Å². The number of rotatable bonds is 10. The Hall–Kier alpha value is -1.94. The molecule has 1 amide bonds. The summed E-state index contributed by atoms with van der Waals surface area (Å²) in [5.74, 6) is -1.73. The van der Waals surface area contributed by atoms with E-state index < -0.39 is 54.4 Å². The normalized spacial score (nSPS) is 12.8. The van der Waals surface area contributed by atoms with Gasteiger partial charge in [0.25, 0.3) is 0 Å². The summed E-state index contributed by atoms with van der Waals surface area (Å²) in [5, 5.41) is 2.21. The molecular weight excluding hydrogens is 380 g/mol. The van der Waals surface area contributed by atoms with E-state index in [4.69, 9.17) is 23.7 Å². The number of nitrogens with one attached hydrogen (secondary N) is 1. The Balaban J connectivity index is 4.93. The molecule has 0 radical (unpaired) electrons. The number of ether oxygens (including phenoxy) is 5. The fourth-order valence-electron chi connectivity index (χ4n) is 1.79. The first kappa shape index (κ1) is 26.1. The summed E-state index contributed by atoms with van der Waals surface area (Å²) in [6.45, 7) is 9.20. The Morgan fingerprint density at radius 2 is 1.64 bits per heavy atom. The third-order valence-electron chi connectivity index (χ3n) is 2.97. The largest absolute Gasteiger partial charge is 0.462 e. The van der Waals surface area contributed by atoms with E-state index in [2.05, 4.69) is 5.32 Å². The minimum absolute atomic E-state index is 0.150. The summed E-state index contributed by atoms with van der Waals surface area (Å²) in [6.07, 6.45) is -4.35. The Morgan fingerprint density at radius 3 is 2.11 bits per heavy atom. The van der Waals surface area contributed by atoms with Crippen LogP contribution in [0.1, 0.15) is 41.5 Å². The Bertz CT molecular complexity index is 535. The number of amides is 1. The number of esters is 1. The maximum absolute atomic E-state index is 13.4. The molecule has 1 unspecified atom stereocenters. The Morgan fingerprint density at radius 1 is 1.04 bits per heavy atom. The molecule has 0 spiro atoms. The third-order valence-corrected chi connectivity index (χ3v) is 2.97. The predicted octanol–water partition coefficient (Wildman–Crippen LogP) is 3.21. The van der Waals surface area contributed by atoms with Crippen LogP contribution in [-0.2, 0) is 28.5 Å². The Kier molecular flexibility index (Phi) is 11.0. The SMILES string of the molecule is COCCOCOC(=C(F)F)C(OC(=O)CNC(=O)OC(C)(C)C)C(C)(C)C. The molecule has 0 aliphatic heterocycles. The van der Waals surface area contributed by atoms with Crippen molar-refractivity contribution in [2.45, 2.75) is 53.2 Å². The second-order valence-corrected chi connectivity index (χ2v) is 7.88. The fraction of sp³-hybridized carbons (Fsp3) is 0.778. The molecule has 1 atom stereocenters. The molecule has 0 rings (SSSR count). The minimum Gasteiger partial charge on any atom is -0.462 e. The lowest BCUT2D eigenvalue weighted by Crippen LogP contribution is -2.40. The zero-order chi connectivity index (χ0) is 22.0. The monoisotopic (exact) mass is 411 g/mol. The molecule has 164 valence electrons. The van der Waals surface area contributed by atoms with Crippen molar-refractivity contribution < 1.29 is 42.1 Å². The molecule has 0 aromatic rings. The van der Waals surface area contributed by atoms with Gasteiger partial charge in [0.15, 0.2) is 12.9 Å². The van der Waals surface area contributed by atoms with Crippen molar-refractivity contribution >= 4 is 12.1 Å². The van der Waals surface area contributed by atoms with Gasteiger partial charge < -0.3 is 29.0 Å². The maximum atomic E-state index is 13.4. The molecule has 1 N–H and O–H groups in total. The van der Waals surface area contributed by atoms with Gasteiger partial charge >= 0.3 is 18.1 Å². The molecule has 0 aromatic heterocycles. The van der Waals surface area contributed by atoms with Crippen molar-refractivity contribution in [3.05, 3.63) is 11.8 Å². The van der Waals surface area contributed by atoms with Gasteiger partial charge in [-0.15, -0.1) is 0 Å². The first-order valence-corrected chi connectivity index (χ1v) is 8.69. The van der Waals surface area contributed by atoms with Crippen molar-refractivity contribution in [2.24, 2.45) is 5.41 Å². The third kappa shape index (κ3) is 11.7. The topological polar surface area (TPSA) is 92.3 Å². The van der Waals surface area contributed by atoms with Crippen LogP contribution in [0, 0.1) is 5.41 Å². The van der Waals surface area contributed by atoms with Crippen LogP contribution in [0.25, 0.3) is 0 Å². The highest BCUT2D eigenvalue weighted by molar-refractivity contribution is 5.78. The number of carbonyl (C=O) groups is 2. The van der Waals surface area contributed by atoms with E-state index in [1.807, 2.05) is 0 Å². The van der Waals surface area contributed by atoms with E-state index in [1.54, 1.807) is 41.5 Å². The second-order valence-electron chi connectivity index (χ2n) is 7.88. The molecule has 0 bridgehead atoms. The summed E-state index contributed by atoms with van der Waals surface area (Å²) < 4.78 is 51.7. The molecule has 8 nitrogen and oxygen atoms in total. The summed E-state index contributed by atoms with van der Waals surface area (Å²) in [4.78, 5) is 23.6. The average molecular weight is 411 g/mol. The first-order valence-electron chi connectivity index (χ1n) is 8.69. The molecule has 0 fully saturated rings. The molecule has 0 saturated heterocycles. The quantitative estimate of drug-likeness (QED) is 0.255. The van der Waals surface area contributed by atoms with Crippen molar-refractivity contribution in [2.75, 3.05) is 33.7 Å². The number of carbonyl (C=O) groups excluding carboxylic acids is 2. The van der Waals surface area contributed by atoms with Crippen molar-refractivity contribution in [3.63, 3.8) is 0 Å². The minimum atomic E-state index is -2.14. The van der Waals surface area contributed by atoms with Crippen LogP contribution < -0.4 is 5.32 Å². The van der Waals surface area contributed by atoms with Crippen LogP contribution in [0.4, 0.5) is 13.6 Å². The summed E-state index contributed by atoms with van der Waals surface area (Å²) in [7, 11) is 1.47. The summed E-state index contributed by atoms with van der Waals surface area (Å²) >= 11 is 0. The highest BCUT2D eigenvalue weighted by Crippen LogP contribution is 2.31. The van der Waals surface area contributed by atoms with Gasteiger partial charge in [0, 0.05) is 12.5 Å². The van der Waals surface area contributed by atoms with Crippen LogP contribution in [0.15, 0.2) is 11.8 Å². The summed E-state index contributed by atoms with van der Waals surface area (Å²) in [5.41, 5.74) is -1.65. The molecule has 0 heterocycles. The standard InChI is InChI=1S/C18H31F2NO7/c1-17(2,3)14(13(15(19)20)26-11-25-9-8-24-7)27-12(22)10-21-16(23)28-18(4,5)6/h14H,8-11H2,1-7H3,(H,21,23). The van der Waals surface area contributed by atoms with Gasteiger partial charge in [0.05, 0.1) is 13.2 Å².